The lowest BCUT2D eigenvalue weighted by Crippen LogP contribution is -2.27. The van der Waals surface area contributed by atoms with Crippen LogP contribution in [0.15, 0.2) is 42.6 Å². The van der Waals surface area contributed by atoms with E-state index in [0.29, 0.717) is 18.8 Å². The molecule has 4 nitrogen and oxygen atoms in total. The second-order valence-corrected chi connectivity index (χ2v) is 4.73. The molecule has 0 radical (unpaired) electrons. The molecule has 100 valence electrons. The summed E-state index contributed by atoms with van der Waals surface area (Å²) in [5, 5.41) is 12.6. The monoisotopic (exact) mass is 265 g/mol. The SMILES string of the molecule is N#Cc1ncccc1CNC1CCOc2ccccc21. The highest BCUT2D eigenvalue weighted by Gasteiger charge is 2.20. The van der Waals surface area contributed by atoms with E-state index in [4.69, 9.17) is 10.00 Å². The van der Waals surface area contributed by atoms with Crippen LogP contribution in [0.4, 0.5) is 0 Å². The molecule has 1 aliphatic rings. The van der Waals surface area contributed by atoms with Gasteiger partial charge in [-0.05, 0) is 12.1 Å². The largest absolute Gasteiger partial charge is 0.493 e. The lowest BCUT2D eigenvalue weighted by atomic mass is 10.0. The maximum atomic E-state index is 9.05. The molecule has 0 saturated heterocycles. The van der Waals surface area contributed by atoms with Crippen molar-refractivity contribution in [2.45, 2.75) is 19.0 Å². The average molecular weight is 265 g/mol. The van der Waals surface area contributed by atoms with Gasteiger partial charge < -0.3 is 10.1 Å². The minimum atomic E-state index is 0.256. The Labute approximate surface area is 118 Å². The van der Waals surface area contributed by atoms with E-state index < -0.39 is 0 Å². The second kappa shape index (κ2) is 5.72. The topological polar surface area (TPSA) is 57.9 Å². The van der Waals surface area contributed by atoms with Crippen molar-refractivity contribution in [3.8, 4) is 11.8 Å². The Balaban J connectivity index is 1.75. The first kappa shape index (κ1) is 12.6. The molecule has 1 aliphatic heterocycles. The number of nitrogens with one attached hydrogen (secondary N) is 1. The molecule has 20 heavy (non-hydrogen) atoms. The lowest BCUT2D eigenvalue weighted by Gasteiger charge is -2.26. The molecule has 1 unspecified atom stereocenters. The van der Waals surface area contributed by atoms with E-state index in [1.165, 1.54) is 5.56 Å². The van der Waals surface area contributed by atoms with E-state index in [1.807, 2.05) is 30.3 Å². The zero-order valence-corrected chi connectivity index (χ0v) is 11.0. The standard InChI is InChI=1S/C16H15N3O/c17-10-15-12(4-3-8-18-15)11-19-14-7-9-20-16-6-2-1-5-13(14)16/h1-6,8,14,19H,7,9,11H2. The molecule has 1 N–H and O–H groups in total. The van der Waals surface area contributed by atoms with Gasteiger partial charge in [0.15, 0.2) is 0 Å². The van der Waals surface area contributed by atoms with Crippen LogP contribution in [0.5, 0.6) is 5.75 Å². The lowest BCUT2D eigenvalue weighted by molar-refractivity contribution is 0.252. The highest BCUT2D eigenvalue weighted by Crippen LogP contribution is 2.31. The molecule has 0 aliphatic carbocycles. The Morgan fingerprint density at radius 3 is 3.10 bits per heavy atom. The van der Waals surface area contributed by atoms with Crippen LogP contribution in [0.1, 0.15) is 29.3 Å². The second-order valence-electron chi connectivity index (χ2n) is 4.73. The molecule has 1 aromatic carbocycles. The number of pyridine rings is 1. The van der Waals surface area contributed by atoms with E-state index in [1.54, 1.807) is 6.20 Å². The van der Waals surface area contributed by atoms with Gasteiger partial charge in [-0.15, -0.1) is 0 Å². The molecule has 3 rings (SSSR count). The van der Waals surface area contributed by atoms with Gasteiger partial charge in [0.2, 0.25) is 0 Å². The molecule has 2 aromatic rings. The normalized spacial score (nSPS) is 16.9. The molecular formula is C16H15N3O. The van der Waals surface area contributed by atoms with Crippen molar-refractivity contribution in [2.24, 2.45) is 0 Å². The van der Waals surface area contributed by atoms with Gasteiger partial charge in [-0.1, -0.05) is 24.3 Å². The molecule has 4 heteroatoms. The fraction of sp³-hybridized carbons (Fsp3) is 0.250. The number of fused-ring (bicyclic) bond motifs is 1. The Morgan fingerprint density at radius 1 is 1.30 bits per heavy atom. The molecule has 0 saturated carbocycles. The highest BCUT2D eigenvalue weighted by atomic mass is 16.5. The van der Waals surface area contributed by atoms with Gasteiger partial charge in [0.1, 0.15) is 17.5 Å². The summed E-state index contributed by atoms with van der Waals surface area (Å²) in [7, 11) is 0. The van der Waals surface area contributed by atoms with Crippen molar-refractivity contribution < 1.29 is 4.74 Å². The number of ether oxygens (including phenoxy) is 1. The van der Waals surface area contributed by atoms with Crippen LogP contribution in [0.3, 0.4) is 0 Å². The van der Waals surface area contributed by atoms with Crippen LogP contribution in [-0.2, 0) is 6.54 Å². The quantitative estimate of drug-likeness (QED) is 0.926. The summed E-state index contributed by atoms with van der Waals surface area (Å²) in [5.41, 5.74) is 2.60. The molecule has 0 spiro atoms. The van der Waals surface area contributed by atoms with Crippen LogP contribution in [0.2, 0.25) is 0 Å². The Bertz CT molecular complexity index is 648. The first-order chi connectivity index (χ1) is 9.88. The molecule has 0 bridgehead atoms. The number of benzene rings is 1. The maximum Gasteiger partial charge on any atom is 0.144 e. The predicted octanol–water partition coefficient (Wildman–Crippen LogP) is 2.57. The molecule has 0 fully saturated rings. The third-order valence-corrected chi connectivity index (χ3v) is 3.49. The summed E-state index contributed by atoms with van der Waals surface area (Å²) in [6.45, 7) is 1.35. The van der Waals surface area contributed by atoms with Crippen LogP contribution in [-0.4, -0.2) is 11.6 Å². The van der Waals surface area contributed by atoms with E-state index in [2.05, 4.69) is 22.4 Å². The van der Waals surface area contributed by atoms with Gasteiger partial charge in [0.25, 0.3) is 0 Å². The fourth-order valence-corrected chi connectivity index (χ4v) is 2.47. The average Bonchev–Trinajstić information content (AvgIpc) is 2.53. The number of aromatic nitrogens is 1. The van der Waals surface area contributed by atoms with E-state index in [-0.39, 0.29) is 6.04 Å². The van der Waals surface area contributed by atoms with Crippen molar-refractivity contribution in [1.82, 2.24) is 10.3 Å². The third-order valence-electron chi connectivity index (χ3n) is 3.49. The summed E-state index contributed by atoms with van der Waals surface area (Å²) in [6.07, 6.45) is 2.57. The fourth-order valence-electron chi connectivity index (χ4n) is 2.47. The van der Waals surface area contributed by atoms with Crippen molar-refractivity contribution in [1.29, 1.82) is 5.26 Å². The zero-order chi connectivity index (χ0) is 13.8. The highest BCUT2D eigenvalue weighted by molar-refractivity contribution is 5.37. The number of nitriles is 1. The van der Waals surface area contributed by atoms with Crippen LogP contribution < -0.4 is 10.1 Å². The van der Waals surface area contributed by atoms with Crippen LogP contribution in [0.25, 0.3) is 0 Å². The van der Waals surface area contributed by atoms with E-state index >= 15 is 0 Å². The molecule has 1 atom stereocenters. The molecule has 0 amide bonds. The van der Waals surface area contributed by atoms with Crippen LogP contribution >= 0.6 is 0 Å². The van der Waals surface area contributed by atoms with Gasteiger partial charge in [0, 0.05) is 36.3 Å². The zero-order valence-electron chi connectivity index (χ0n) is 11.0. The minimum absolute atomic E-state index is 0.256. The summed E-state index contributed by atoms with van der Waals surface area (Å²) < 4.78 is 5.65. The number of nitrogens with zero attached hydrogens (tertiary/aromatic N) is 2. The number of hydrogen-bond acceptors (Lipinski definition) is 4. The van der Waals surface area contributed by atoms with Crippen LogP contribution in [0, 0.1) is 11.3 Å². The van der Waals surface area contributed by atoms with E-state index in [0.717, 1.165) is 17.7 Å². The van der Waals surface area contributed by atoms with Crippen molar-refractivity contribution >= 4 is 0 Å². The number of rotatable bonds is 3. The van der Waals surface area contributed by atoms with Crippen molar-refractivity contribution in [3.63, 3.8) is 0 Å². The molecular weight excluding hydrogens is 250 g/mol. The summed E-state index contributed by atoms with van der Waals surface area (Å²) in [5.74, 6) is 0.947. The third kappa shape index (κ3) is 2.49. The Kier molecular flexibility index (Phi) is 3.62. The van der Waals surface area contributed by atoms with Gasteiger partial charge in [0.05, 0.1) is 6.61 Å². The maximum absolute atomic E-state index is 9.05. The van der Waals surface area contributed by atoms with Crippen molar-refractivity contribution in [3.05, 3.63) is 59.4 Å². The van der Waals surface area contributed by atoms with Gasteiger partial charge in [-0.25, -0.2) is 4.98 Å². The molecule has 1 aromatic heterocycles. The Hall–Kier alpha value is -2.38. The smallest absolute Gasteiger partial charge is 0.144 e. The van der Waals surface area contributed by atoms with E-state index in [9.17, 15) is 0 Å². The molecule has 2 heterocycles. The predicted molar refractivity (Wildman–Crippen MR) is 75.1 cm³/mol. The van der Waals surface area contributed by atoms with Crippen molar-refractivity contribution in [2.75, 3.05) is 6.61 Å². The van der Waals surface area contributed by atoms with Gasteiger partial charge >= 0.3 is 0 Å². The van der Waals surface area contributed by atoms with Gasteiger partial charge in [-0.3, -0.25) is 0 Å². The van der Waals surface area contributed by atoms with Gasteiger partial charge in [-0.2, -0.15) is 5.26 Å². The number of hydrogen-bond donors (Lipinski definition) is 1. The summed E-state index contributed by atoms with van der Waals surface area (Å²) in [4.78, 5) is 4.08. The minimum Gasteiger partial charge on any atom is -0.493 e. The summed E-state index contributed by atoms with van der Waals surface area (Å²) >= 11 is 0. The first-order valence-electron chi connectivity index (χ1n) is 6.67. The Morgan fingerprint density at radius 2 is 2.20 bits per heavy atom. The summed E-state index contributed by atoms with van der Waals surface area (Å²) in [6, 6.07) is 14.3. The first-order valence-corrected chi connectivity index (χ1v) is 6.67. The number of para-hydroxylation sites is 1.